The molecule has 1 atom stereocenters. The number of carbonyl (C=O) groups excluding carboxylic acids is 1. The third kappa shape index (κ3) is 4.38. The van der Waals surface area contributed by atoms with Crippen molar-refractivity contribution in [2.24, 2.45) is 5.92 Å². The molecule has 3 heterocycles. The molecule has 0 spiro atoms. The summed E-state index contributed by atoms with van der Waals surface area (Å²) in [6, 6.07) is 6.02. The van der Waals surface area contributed by atoms with Crippen LogP contribution in [0, 0.1) is 19.8 Å². The zero-order chi connectivity index (χ0) is 23.8. The fourth-order valence-electron chi connectivity index (χ4n) is 5.13. The minimum Gasteiger partial charge on any atom is -0.352 e. The zero-order valence-electron chi connectivity index (χ0n) is 20.8. The van der Waals surface area contributed by atoms with Crippen molar-refractivity contribution < 1.29 is 4.79 Å². The van der Waals surface area contributed by atoms with Crippen LogP contribution >= 0.6 is 11.3 Å². The molecule has 1 aliphatic carbocycles. The second-order valence-corrected chi connectivity index (χ2v) is 11.0. The van der Waals surface area contributed by atoms with E-state index in [4.69, 9.17) is 9.97 Å². The highest BCUT2D eigenvalue weighted by molar-refractivity contribution is 7.19. The topological polar surface area (TPSA) is 61.4 Å². The molecular weight excluding hydrogens is 442 g/mol. The number of piperazine rings is 1. The van der Waals surface area contributed by atoms with E-state index in [-0.39, 0.29) is 6.03 Å². The lowest BCUT2D eigenvalue weighted by Crippen LogP contribution is -2.50. The second kappa shape index (κ2) is 9.53. The Morgan fingerprint density at radius 3 is 2.74 bits per heavy atom. The lowest BCUT2D eigenvalue weighted by Gasteiger charge is -2.36. The predicted molar refractivity (Wildman–Crippen MR) is 141 cm³/mol. The van der Waals surface area contributed by atoms with Gasteiger partial charge in [0.15, 0.2) is 0 Å². The zero-order valence-corrected chi connectivity index (χ0v) is 21.6. The van der Waals surface area contributed by atoms with Crippen molar-refractivity contribution in [2.75, 3.05) is 36.4 Å². The standard InChI is InChI=1S/C27H35N5OS/c1-5-7-23-29-25(24-20-11-10-17(2)16-22(20)34-26(24)30-23)31-12-14-32(15-13-31)27(33)28-21-9-6-8-18(3)19(21)4/h6,8-9,17H,5,7,10-16H2,1-4H3,(H,28,33)/t17-/m1/s1. The first-order chi connectivity index (χ1) is 16.4. The summed E-state index contributed by atoms with van der Waals surface area (Å²) < 4.78 is 0. The van der Waals surface area contributed by atoms with E-state index < -0.39 is 0 Å². The SMILES string of the molecule is CCCc1nc(N2CCN(C(=O)Nc3cccc(C)c3C)CC2)c2c3c(sc2n1)C[C@H](C)CC3. The molecule has 5 rings (SSSR count). The minimum absolute atomic E-state index is 0.0187. The first kappa shape index (κ1) is 23.1. The van der Waals surface area contributed by atoms with Gasteiger partial charge in [0.25, 0.3) is 0 Å². The maximum absolute atomic E-state index is 13.0. The number of amides is 2. The summed E-state index contributed by atoms with van der Waals surface area (Å²) in [4.78, 5) is 30.0. The maximum atomic E-state index is 13.0. The molecular formula is C27H35N5OS. The number of fused-ring (bicyclic) bond motifs is 3. The fraction of sp³-hybridized carbons (Fsp3) is 0.519. The largest absolute Gasteiger partial charge is 0.352 e. The van der Waals surface area contributed by atoms with Crippen molar-refractivity contribution in [3.63, 3.8) is 0 Å². The maximum Gasteiger partial charge on any atom is 0.321 e. The number of rotatable bonds is 4. The Kier molecular flexibility index (Phi) is 6.47. The summed E-state index contributed by atoms with van der Waals surface area (Å²) in [5.74, 6) is 2.79. The lowest BCUT2D eigenvalue weighted by atomic mass is 9.89. The van der Waals surface area contributed by atoms with E-state index in [2.05, 4.69) is 44.0 Å². The molecule has 3 aromatic rings. The Labute approximate surface area is 206 Å². The Morgan fingerprint density at radius 2 is 1.97 bits per heavy atom. The average molecular weight is 478 g/mol. The molecule has 0 unspecified atom stereocenters. The van der Waals surface area contributed by atoms with E-state index in [1.165, 1.54) is 27.8 Å². The molecule has 180 valence electrons. The van der Waals surface area contributed by atoms with Gasteiger partial charge in [-0.05, 0) is 68.2 Å². The molecule has 2 aromatic heterocycles. The molecule has 1 N–H and O–H groups in total. The van der Waals surface area contributed by atoms with Crippen molar-refractivity contribution in [1.29, 1.82) is 0 Å². The normalized spacial score (nSPS) is 18.3. The van der Waals surface area contributed by atoms with Gasteiger partial charge in [0.05, 0.1) is 5.39 Å². The number of aromatic nitrogens is 2. The molecule has 1 aliphatic heterocycles. The van der Waals surface area contributed by atoms with Crippen molar-refractivity contribution in [3.8, 4) is 0 Å². The molecule has 0 bridgehead atoms. The number of benzene rings is 1. The smallest absolute Gasteiger partial charge is 0.321 e. The van der Waals surface area contributed by atoms with Gasteiger partial charge < -0.3 is 15.1 Å². The van der Waals surface area contributed by atoms with Gasteiger partial charge in [-0.15, -0.1) is 11.3 Å². The monoisotopic (exact) mass is 477 g/mol. The Hall–Kier alpha value is -2.67. The predicted octanol–water partition coefficient (Wildman–Crippen LogP) is 5.74. The number of hydrogen-bond donors (Lipinski definition) is 1. The number of aryl methyl sites for hydroxylation is 3. The number of anilines is 2. The van der Waals surface area contributed by atoms with Gasteiger partial charge in [0, 0.05) is 43.2 Å². The number of nitrogens with zero attached hydrogens (tertiary/aromatic N) is 4. The molecule has 0 saturated carbocycles. The van der Waals surface area contributed by atoms with Crippen LogP contribution in [0.3, 0.4) is 0 Å². The summed E-state index contributed by atoms with van der Waals surface area (Å²) in [5, 5.41) is 4.39. The van der Waals surface area contributed by atoms with E-state index in [1.54, 1.807) is 0 Å². The van der Waals surface area contributed by atoms with Crippen LogP contribution in [0.15, 0.2) is 18.2 Å². The molecule has 0 radical (unpaired) electrons. The molecule has 6 nitrogen and oxygen atoms in total. The number of thiophene rings is 1. The van der Waals surface area contributed by atoms with Gasteiger partial charge in [-0.2, -0.15) is 0 Å². The van der Waals surface area contributed by atoms with Crippen molar-refractivity contribution in [2.45, 2.75) is 59.8 Å². The first-order valence-electron chi connectivity index (χ1n) is 12.6. The highest BCUT2D eigenvalue weighted by Crippen LogP contribution is 2.41. The third-order valence-corrected chi connectivity index (χ3v) is 8.52. The molecule has 1 fully saturated rings. The third-order valence-electron chi connectivity index (χ3n) is 7.37. The lowest BCUT2D eigenvalue weighted by molar-refractivity contribution is 0.208. The van der Waals surface area contributed by atoms with E-state index >= 15 is 0 Å². The van der Waals surface area contributed by atoms with Crippen molar-refractivity contribution in [1.82, 2.24) is 14.9 Å². The van der Waals surface area contributed by atoms with E-state index in [1.807, 2.05) is 28.4 Å². The van der Waals surface area contributed by atoms with Crippen LogP contribution < -0.4 is 10.2 Å². The second-order valence-electron chi connectivity index (χ2n) is 9.90. The Bertz CT molecular complexity index is 1210. The molecule has 1 saturated heterocycles. The summed E-state index contributed by atoms with van der Waals surface area (Å²) in [6.07, 6.45) is 5.46. The highest BCUT2D eigenvalue weighted by atomic mass is 32.1. The van der Waals surface area contributed by atoms with E-state index in [0.717, 1.165) is 72.4 Å². The number of urea groups is 1. The fourth-order valence-corrected chi connectivity index (χ4v) is 6.53. The summed E-state index contributed by atoms with van der Waals surface area (Å²) >= 11 is 1.88. The van der Waals surface area contributed by atoms with Gasteiger partial charge in [0.2, 0.25) is 0 Å². The number of hydrogen-bond acceptors (Lipinski definition) is 5. The van der Waals surface area contributed by atoms with Crippen LogP contribution in [0.25, 0.3) is 10.2 Å². The van der Waals surface area contributed by atoms with Crippen LogP contribution in [0.5, 0.6) is 0 Å². The van der Waals surface area contributed by atoms with Crippen LogP contribution in [0.4, 0.5) is 16.3 Å². The molecule has 2 amide bonds. The van der Waals surface area contributed by atoms with Crippen LogP contribution in [-0.4, -0.2) is 47.1 Å². The van der Waals surface area contributed by atoms with E-state index in [0.29, 0.717) is 13.1 Å². The summed E-state index contributed by atoms with van der Waals surface area (Å²) in [6.45, 7) is 11.6. The highest BCUT2D eigenvalue weighted by Gasteiger charge is 2.28. The van der Waals surface area contributed by atoms with E-state index in [9.17, 15) is 4.79 Å². The van der Waals surface area contributed by atoms with Gasteiger partial charge in [-0.3, -0.25) is 0 Å². The quantitative estimate of drug-likeness (QED) is 0.521. The van der Waals surface area contributed by atoms with Gasteiger partial charge in [-0.25, -0.2) is 14.8 Å². The molecule has 7 heteroatoms. The van der Waals surface area contributed by atoms with Crippen LogP contribution in [0.2, 0.25) is 0 Å². The molecule has 2 aliphatic rings. The van der Waals surface area contributed by atoms with Gasteiger partial charge in [-0.1, -0.05) is 26.0 Å². The molecule has 34 heavy (non-hydrogen) atoms. The van der Waals surface area contributed by atoms with Crippen LogP contribution in [-0.2, 0) is 19.3 Å². The van der Waals surface area contributed by atoms with Crippen LogP contribution in [0.1, 0.15) is 54.1 Å². The Morgan fingerprint density at radius 1 is 1.18 bits per heavy atom. The molecule has 1 aromatic carbocycles. The minimum atomic E-state index is -0.0187. The first-order valence-corrected chi connectivity index (χ1v) is 13.4. The van der Waals surface area contributed by atoms with Crippen molar-refractivity contribution in [3.05, 3.63) is 45.6 Å². The van der Waals surface area contributed by atoms with Gasteiger partial charge >= 0.3 is 6.03 Å². The number of nitrogens with one attached hydrogen (secondary N) is 1. The number of carbonyl (C=O) groups is 1. The summed E-state index contributed by atoms with van der Waals surface area (Å²) in [5.41, 5.74) is 4.68. The Balaban J connectivity index is 1.37. The van der Waals surface area contributed by atoms with Gasteiger partial charge in [0.1, 0.15) is 16.5 Å². The summed E-state index contributed by atoms with van der Waals surface area (Å²) in [7, 11) is 0. The average Bonchev–Trinajstić information content (AvgIpc) is 3.19. The van der Waals surface area contributed by atoms with Crippen molar-refractivity contribution >= 4 is 39.1 Å².